The Hall–Kier alpha value is -2.01. The van der Waals surface area contributed by atoms with Crippen LogP contribution in [0.1, 0.15) is 10.4 Å². The lowest BCUT2D eigenvalue weighted by Crippen LogP contribution is -2.15. The van der Waals surface area contributed by atoms with Crippen molar-refractivity contribution in [1.29, 1.82) is 0 Å². The number of rotatable bonds is 6. The zero-order valence-electron chi connectivity index (χ0n) is 10.7. The van der Waals surface area contributed by atoms with E-state index in [-0.39, 0.29) is 0 Å². The van der Waals surface area contributed by atoms with Gasteiger partial charge in [-0.1, -0.05) is 34.1 Å². The Morgan fingerprint density at radius 1 is 1.05 bits per heavy atom. The summed E-state index contributed by atoms with van der Waals surface area (Å²) in [7, 11) is 0. The second-order valence-electron chi connectivity index (χ2n) is 4.01. The van der Waals surface area contributed by atoms with Gasteiger partial charge in [0.1, 0.15) is 24.7 Å². The quantitative estimate of drug-likeness (QED) is 0.825. The second-order valence-corrected chi connectivity index (χ2v) is 4.93. The van der Waals surface area contributed by atoms with Gasteiger partial charge in [0, 0.05) is 4.47 Å². The zero-order chi connectivity index (χ0) is 14.4. The second kappa shape index (κ2) is 6.96. The summed E-state index contributed by atoms with van der Waals surface area (Å²) in [6.45, 7) is 0.709. The number of para-hydroxylation sites is 1. The van der Waals surface area contributed by atoms with Crippen LogP contribution in [0.15, 0.2) is 53.0 Å². The van der Waals surface area contributed by atoms with Gasteiger partial charge >= 0.3 is 0 Å². The molecule has 0 saturated heterocycles. The number of amides is 1. The Morgan fingerprint density at radius 2 is 1.80 bits per heavy atom. The number of nitrogens with two attached hydrogens (primary N) is 1. The van der Waals surface area contributed by atoms with Crippen molar-refractivity contribution in [3.8, 4) is 11.5 Å². The standard InChI is InChI=1S/C15H14BrNO3/c16-11-4-3-5-12(10-11)19-8-9-20-14-7-2-1-6-13(14)15(17)18/h1-7,10H,8-9H2,(H2,17,18). The summed E-state index contributed by atoms with van der Waals surface area (Å²) >= 11 is 3.37. The molecule has 0 aliphatic rings. The van der Waals surface area contributed by atoms with Crippen molar-refractivity contribution in [3.63, 3.8) is 0 Å². The Bertz CT molecular complexity index is 601. The lowest BCUT2D eigenvalue weighted by molar-refractivity contribution is 0.0995. The van der Waals surface area contributed by atoms with Crippen LogP contribution < -0.4 is 15.2 Å². The molecule has 2 N–H and O–H groups in total. The molecular formula is C15H14BrNO3. The Balaban J connectivity index is 1.86. The Kier molecular flexibility index (Phi) is 5.01. The molecule has 0 saturated carbocycles. The summed E-state index contributed by atoms with van der Waals surface area (Å²) in [6, 6.07) is 14.4. The average Bonchev–Trinajstić information content (AvgIpc) is 2.44. The molecule has 2 aromatic carbocycles. The Morgan fingerprint density at radius 3 is 2.55 bits per heavy atom. The van der Waals surface area contributed by atoms with E-state index < -0.39 is 5.91 Å². The lowest BCUT2D eigenvalue weighted by Gasteiger charge is -2.10. The number of ether oxygens (including phenoxy) is 2. The molecule has 2 aromatic rings. The van der Waals surface area contributed by atoms with Crippen LogP contribution in [0.25, 0.3) is 0 Å². The molecule has 0 atom stereocenters. The van der Waals surface area contributed by atoms with Gasteiger partial charge in [0.2, 0.25) is 0 Å². The summed E-state index contributed by atoms with van der Waals surface area (Å²) in [5.74, 6) is 0.720. The molecule has 0 radical (unpaired) electrons. The summed E-state index contributed by atoms with van der Waals surface area (Å²) in [5, 5.41) is 0. The predicted molar refractivity (Wildman–Crippen MR) is 80.1 cm³/mol. The third-order valence-electron chi connectivity index (χ3n) is 2.56. The number of carbonyl (C=O) groups is 1. The summed E-state index contributed by atoms with van der Waals surface area (Å²) in [4.78, 5) is 11.2. The molecule has 4 nitrogen and oxygen atoms in total. The SMILES string of the molecule is NC(=O)c1ccccc1OCCOc1cccc(Br)c1. The van der Waals surface area contributed by atoms with E-state index in [1.165, 1.54) is 0 Å². The van der Waals surface area contributed by atoms with E-state index in [0.717, 1.165) is 10.2 Å². The summed E-state index contributed by atoms with van der Waals surface area (Å²) in [6.07, 6.45) is 0. The fourth-order valence-corrected chi connectivity index (χ4v) is 2.04. The minimum absolute atomic E-state index is 0.330. The molecule has 104 valence electrons. The number of benzene rings is 2. The highest BCUT2D eigenvalue weighted by Gasteiger charge is 2.07. The number of halogens is 1. The molecule has 0 bridgehead atoms. The van der Waals surface area contributed by atoms with Gasteiger partial charge in [-0.2, -0.15) is 0 Å². The van der Waals surface area contributed by atoms with Crippen molar-refractivity contribution in [2.24, 2.45) is 5.73 Å². The highest BCUT2D eigenvalue weighted by molar-refractivity contribution is 9.10. The first kappa shape index (κ1) is 14.4. The van der Waals surface area contributed by atoms with Crippen LogP contribution in [0, 0.1) is 0 Å². The van der Waals surface area contributed by atoms with Gasteiger partial charge in [0.15, 0.2) is 0 Å². The van der Waals surface area contributed by atoms with Gasteiger partial charge in [-0.15, -0.1) is 0 Å². The van der Waals surface area contributed by atoms with Crippen LogP contribution in [0.5, 0.6) is 11.5 Å². The van der Waals surface area contributed by atoms with Crippen LogP contribution in [-0.2, 0) is 0 Å². The molecule has 0 aliphatic heterocycles. The summed E-state index contributed by atoms with van der Waals surface area (Å²) in [5.41, 5.74) is 5.64. The molecule has 2 rings (SSSR count). The van der Waals surface area contributed by atoms with Gasteiger partial charge in [-0.3, -0.25) is 4.79 Å². The molecule has 0 fully saturated rings. The minimum atomic E-state index is -0.506. The largest absolute Gasteiger partial charge is 0.490 e. The number of primary amides is 1. The van der Waals surface area contributed by atoms with E-state index in [1.807, 2.05) is 24.3 Å². The number of hydrogen-bond donors (Lipinski definition) is 1. The van der Waals surface area contributed by atoms with Crippen molar-refractivity contribution in [3.05, 3.63) is 58.6 Å². The molecule has 0 heterocycles. The van der Waals surface area contributed by atoms with Gasteiger partial charge < -0.3 is 15.2 Å². The molecule has 0 spiro atoms. The monoisotopic (exact) mass is 335 g/mol. The van der Waals surface area contributed by atoms with E-state index in [2.05, 4.69) is 15.9 Å². The normalized spacial score (nSPS) is 10.1. The topological polar surface area (TPSA) is 61.6 Å². The molecule has 20 heavy (non-hydrogen) atoms. The van der Waals surface area contributed by atoms with Crippen LogP contribution in [-0.4, -0.2) is 19.1 Å². The number of carbonyl (C=O) groups excluding carboxylic acids is 1. The van der Waals surface area contributed by atoms with Gasteiger partial charge in [-0.05, 0) is 30.3 Å². The van der Waals surface area contributed by atoms with E-state index >= 15 is 0 Å². The van der Waals surface area contributed by atoms with Crippen molar-refractivity contribution in [2.45, 2.75) is 0 Å². The first-order chi connectivity index (χ1) is 9.66. The van der Waals surface area contributed by atoms with E-state index in [9.17, 15) is 4.79 Å². The van der Waals surface area contributed by atoms with Crippen LogP contribution in [0.2, 0.25) is 0 Å². The molecular weight excluding hydrogens is 322 g/mol. The molecule has 5 heteroatoms. The highest BCUT2D eigenvalue weighted by Crippen LogP contribution is 2.19. The van der Waals surface area contributed by atoms with Crippen LogP contribution in [0.3, 0.4) is 0 Å². The fourth-order valence-electron chi connectivity index (χ4n) is 1.66. The molecule has 0 unspecified atom stereocenters. The first-order valence-electron chi connectivity index (χ1n) is 6.07. The third kappa shape index (κ3) is 3.99. The average molecular weight is 336 g/mol. The van der Waals surface area contributed by atoms with E-state index in [1.54, 1.807) is 24.3 Å². The molecule has 0 aromatic heterocycles. The van der Waals surface area contributed by atoms with Crippen molar-refractivity contribution in [2.75, 3.05) is 13.2 Å². The van der Waals surface area contributed by atoms with E-state index in [0.29, 0.717) is 24.5 Å². The Labute approximate surface area is 125 Å². The van der Waals surface area contributed by atoms with Gasteiger partial charge in [0.05, 0.1) is 5.56 Å². The maximum Gasteiger partial charge on any atom is 0.252 e. The first-order valence-corrected chi connectivity index (χ1v) is 6.86. The predicted octanol–water partition coefficient (Wildman–Crippen LogP) is 3.01. The van der Waals surface area contributed by atoms with Crippen LogP contribution >= 0.6 is 15.9 Å². The molecule has 0 aliphatic carbocycles. The van der Waals surface area contributed by atoms with Gasteiger partial charge in [0.25, 0.3) is 5.91 Å². The summed E-state index contributed by atoms with van der Waals surface area (Å²) < 4.78 is 12.0. The smallest absolute Gasteiger partial charge is 0.252 e. The maximum absolute atomic E-state index is 11.2. The van der Waals surface area contributed by atoms with Crippen molar-refractivity contribution in [1.82, 2.24) is 0 Å². The highest BCUT2D eigenvalue weighted by atomic mass is 79.9. The number of hydrogen-bond acceptors (Lipinski definition) is 3. The molecule has 1 amide bonds. The van der Waals surface area contributed by atoms with E-state index in [4.69, 9.17) is 15.2 Å². The lowest BCUT2D eigenvalue weighted by atomic mass is 10.2. The van der Waals surface area contributed by atoms with Crippen molar-refractivity contribution >= 4 is 21.8 Å². The van der Waals surface area contributed by atoms with Gasteiger partial charge in [-0.25, -0.2) is 0 Å². The fraction of sp³-hybridized carbons (Fsp3) is 0.133. The zero-order valence-corrected chi connectivity index (χ0v) is 12.3. The van der Waals surface area contributed by atoms with Crippen LogP contribution in [0.4, 0.5) is 0 Å². The maximum atomic E-state index is 11.2. The minimum Gasteiger partial charge on any atom is -0.490 e. The van der Waals surface area contributed by atoms with Crippen molar-refractivity contribution < 1.29 is 14.3 Å². The third-order valence-corrected chi connectivity index (χ3v) is 3.05.